The van der Waals surface area contributed by atoms with Gasteiger partial charge in [-0.15, -0.1) is 0 Å². The van der Waals surface area contributed by atoms with E-state index in [0.29, 0.717) is 12.6 Å². The first kappa shape index (κ1) is 17.5. The third kappa shape index (κ3) is 6.18. The lowest BCUT2D eigenvalue weighted by Gasteiger charge is -2.25. The smallest absolute Gasteiger partial charge is 0.122 e. The predicted molar refractivity (Wildman–Crippen MR) is 87.5 cm³/mol. The minimum Gasteiger partial charge on any atom is -0.493 e. The molecular weight excluding hydrogens is 260 g/mol. The highest BCUT2D eigenvalue weighted by Gasteiger charge is 2.23. The van der Waals surface area contributed by atoms with E-state index < -0.39 is 5.54 Å². The van der Waals surface area contributed by atoms with Crippen molar-refractivity contribution in [3.05, 3.63) is 29.8 Å². The van der Waals surface area contributed by atoms with Crippen molar-refractivity contribution in [2.75, 3.05) is 6.61 Å². The Morgan fingerprint density at radius 2 is 2.00 bits per heavy atom. The van der Waals surface area contributed by atoms with Gasteiger partial charge in [0, 0.05) is 6.04 Å². The van der Waals surface area contributed by atoms with Gasteiger partial charge in [-0.1, -0.05) is 25.1 Å². The van der Waals surface area contributed by atoms with Gasteiger partial charge in [-0.25, -0.2) is 0 Å². The van der Waals surface area contributed by atoms with Crippen LogP contribution in [0.4, 0.5) is 0 Å². The molecule has 3 heteroatoms. The number of aryl methyl sites for hydroxylation is 1. The summed E-state index contributed by atoms with van der Waals surface area (Å²) >= 11 is 0. The van der Waals surface area contributed by atoms with Crippen molar-refractivity contribution in [1.82, 2.24) is 5.32 Å². The molecule has 1 atom stereocenters. The Morgan fingerprint density at radius 3 is 2.62 bits per heavy atom. The Balaban J connectivity index is 2.33. The van der Waals surface area contributed by atoms with Crippen LogP contribution in [0.2, 0.25) is 0 Å². The average molecular weight is 288 g/mol. The number of hydrogen-bond donors (Lipinski definition) is 1. The summed E-state index contributed by atoms with van der Waals surface area (Å²) in [6, 6.07) is 10.9. The third-order valence-electron chi connectivity index (χ3n) is 3.54. The van der Waals surface area contributed by atoms with Crippen LogP contribution in [-0.4, -0.2) is 18.2 Å². The van der Waals surface area contributed by atoms with Gasteiger partial charge in [-0.2, -0.15) is 5.26 Å². The van der Waals surface area contributed by atoms with Gasteiger partial charge >= 0.3 is 0 Å². The van der Waals surface area contributed by atoms with Crippen molar-refractivity contribution in [2.45, 2.75) is 65.0 Å². The number of benzene rings is 1. The molecule has 0 saturated carbocycles. The maximum atomic E-state index is 9.29. The van der Waals surface area contributed by atoms with E-state index in [1.807, 2.05) is 25.1 Å². The fourth-order valence-corrected chi connectivity index (χ4v) is 2.50. The first-order valence-electron chi connectivity index (χ1n) is 7.90. The van der Waals surface area contributed by atoms with Crippen molar-refractivity contribution in [3.63, 3.8) is 0 Å². The average Bonchev–Trinajstić information content (AvgIpc) is 2.46. The van der Waals surface area contributed by atoms with Crippen LogP contribution in [0.5, 0.6) is 5.75 Å². The zero-order chi connectivity index (χ0) is 15.7. The van der Waals surface area contributed by atoms with Crippen LogP contribution in [0.3, 0.4) is 0 Å². The van der Waals surface area contributed by atoms with Gasteiger partial charge in [0.05, 0.1) is 12.7 Å². The van der Waals surface area contributed by atoms with Crippen molar-refractivity contribution >= 4 is 0 Å². The van der Waals surface area contributed by atoms with Crippen molar-refractivity contribution < 1.29 is 4.74 Å². The Morgan fingerprint density at radius 1 is 1.29 bits per heavy atom. The lowest BCUT2D eigenvalue weighted by Crippen LogP contribution is -2.44. The first-order valence-corrected chi connectivity index (χ1v) is 7.90. The lowest BCUT2D eigenvalue weighted by molar-refractivity contribution is 0.290. The predicted octanol–water partition coefficient (Wildman–Crippen LogP) is 4.08. The van der Waals surface area contributed by atoms with E-state index in [-0.39, 0.29) is 0 Å². The lowest BCUT2D eigenvalue weighted by atomic mass is 9.96. The quantitative estimate of drug-likeness (QED) is 0.696. The summed E-state index contributed by atoms with van der Waals surface area (Å²) in [6.45, 7) is 8.96. The molecule has 0 aliphatic rings. The van der Waals surface area contributed by atoms with E-state index in [0.717, 1.165) is 31.4 Å². The number of unbranched alkanes of at least 4 members (excludes halogenated alkanes) is 1. The molecule has 116 valence electrons. The van der Waals surface area contributed by atoms with E-state index in [1.54, 1.807) is 0 Å². The van der Waals surface area contributed by atoms with Crippen LogP contribution in [0.15, 0.2) is 24.3 Å². The molecule has 3 nitrogen and oxygen atoms in total. The van der Waals surface area contributed by atoms with Crippen molar-refractivity contribution in [1.29, 1.82) is 5.26 Å². The third-order valence-corrected chi connectivity index (χ3v) is 3.54. The highest BCUT2D eigenvalue weighted by molar-refractivity contribution is 5.33. The Bertz CT molecular complexity index is 465. The molecule has 0 heterocycles. The molecule has 0 aliphatic carbocycles. The Labute approximate surface area is 129 Å². The highest BCUT2D eigenvalue weighted by atomic mass is 16.5. The normalized spacial score (nSPS) is 13.7. The topological polar surface area (TPSA) is 45.0 Å². The SMILES string of the molecule is CCc1ccccc1OCCCCC(C)(C#N)NC(C)C. The second kappa shape index (κ2) is 8.69. The van der Waals surface area contributed by atoms with Gasteiger partial charge in [-0.3, -0.25) is 5.32 Å². The molecule has 21 heavy (non-hydrogen) atoms. The van der Waals surface area contributed by atoms with Gasteiger partial charge in [-0.05, 0) is 58.1 Å². The molecule has 0 spiro atoms. The molecule has 0 bridgehead atoms. The molecule has 0 aromatic heterocycles. The number of nitrogens with one attached hydrogen (secondary N) is 1. The Kier molecular flexibility index (Phi) is 7.25. The molecular formula is C18H28N2O. The maximum Gasteiger partial charge on any atom is 0.122 e. The van der Waals surface area contributed by atoms with E-state index in [1.165, 1.54) is 5.56 Å². The number of hydrogen-bond acceptors (Lipinski definition) is 3. The minimum atomic E-state index is -0.435. The summed E-state index contributed by atoms with van der Waals surface area (Å²) < 4.78 is 5.85. The number of nitrogens with zero attached hydrogens (tertiary/aromatic N) is 1. The van der Waals surface area contributed by atoms with E-state index in [4.69, 9.17) is 4.74 Å². The van der Waals surface area contributed by atoms with Gasteiger partial charge in [0.2, 0.25) is 0 Å². The zero-order valence-electron chi connectivity index (χ0n) is 13.8. The minimum absolute atomic E-state index is 0.322. The number of para-hydroxylation sites is 1. The van der Waals surface area contributed by atoms with Crippen LogP contribution in [0.25, 0.3) is 0 Å². The number of rotatable bonds is 9. The number of nitriles is 1. The van der Waals surface area contributed by atoms with Gasteiger partial charge < -0.3 is 4.74 Å². The van der Waals surface area contributed by atoms with E-state index in [9.17, 15) is 5.26 Å². The molecule has 1 N–H and O–H groups in total. The van der Waals surface area contributed by atoms with Crippen LogP contribution in [-0.2, 0) is 6.42 Å². The summed E-state index contributed by atoms with van der Waals surface area (Å²) in [5.74, 6) is 0.989. The zero-order valence-corrected chi connectivity index (χ0v) is 13.8. The summed E-state index contributed by atoms with van der Waals surface area (Å²) in [6.07, 6.45) is 3.79. The van der Waals surface area contributed by atoms with Crippen molar-refractivity contribution in [2.24, 2.45) is 0 Å². The second-order valence-electron chi connectivity index (χ2n) is 6.01. The summed E-state index contributed by atoms with van der Waals surface area (Å²) in [7, 11) is 0. The largest absolute Gasteiger partial charge is 0.493 e. The summed E-state index contributed by atoms with van der Waals surface area (Å²) in [5, 5.41) is 12.6. The highest BCUT2D eigenvalue weighted by Crippen LogP contribution is 2.19. The second-order valence-corrected chi connectivity index (χ2v) is 6.01. The van der Waals surface area contributed by atoms with Crippen LogP contribution >= 0.6 is 0 Å². The van der Waals surface area contributed by atoms with Gasteiger partial charge in [0.25, 0.3) is 0 Å². The van der Waals surface area contributed by atoms with Crippen LogP contribution in [0.1, 0.15) is 52.5 Å². The van der Waals surface area contributed by atoms with Crippen molar-refractivity contribution in [3.8, 4) is 11.8 Å². The molecule has 1 aromatic rings. The van der Waals surface area contributed by atoms with E-state index in [2.05, 4.69) is 38.2 Å². The summed E-state index contributed by atoms with van der Waals surface area (Å²) in [4.78, 5) is 0. The Hall–Kier alpha value is -1.53. The van der Waals surface area contributed by atoms with Crippen LogP contribution in [0, 0.1) is 11.3 Å². The van der Waals surface area contributed by atoms with Crippen LogP contribution < -0.4 is 10.1 Å². The van der Waals surface area contributed by atoms with E-state index >= 15 is 0 Å². The molecule has 0 radical (unpaired) electrons. The monoisotopic (exact) mass is 288 g/mol. The van der Waals surface area contributed by atoms with Gasteiger partial charge in [0.15, 0.2) is 0 Å². The molecule has 1 aromatic carbocycles. The number of ether oxygens (including phenoxy) is 1. The summed E-state index contributed by atoms with van der Waals surface area (Å²) in [5.41, 5.74) is 0.816. The maximum absolute atomic E-state index is 9.29. The standard InChI is InChI=1S/C18H28N2O/c1-5-16-10-6-7-11-17(16)21-13-9-8-12-18(4,14-19)20-15(2)3/h6-7,10-11,15,20H,5,8-9,12-13H2,1-4H3. The molecule has 0 aliphatic heterocycles. The molecule has 0 amide bonds. The fraction of sp³-hybridized carbons (Fsp3) is 0.611. The molecule has 0 fully saturated rings. The molecule has 1 unspecified atom stereocenters. The van der Waals surface area contributed by atoms with Gasteiger partial charge in [0.1, 0.15) is 11.3 Å². The fourth-order valence-electron chi connectivity index (χ4n) is 2.50. The first-order chi connectivity index (χ1) is 10.0. The molecule has 1 rings (SSSR count). The molecule has 0 saturated heterocycles.